The number of methoxy groups -OCH3 is 1. The molecule has 0 spiro atoms. The van der Waals surface area contributed by atoms with Gasteiger partial charge in [-0.15, -0.1) is 5.10 Å². The first-order valence-electron chi connectivity index (χ1n) is 5.61. The SMILES string of the molecule is COc1ccc2c(c1)-n1nnc(C=O)c1CC(=O)N2. The summed E-state index contributed by atoms with van der Waals surface area (Å²) in [5.41, 5.74) is 1.87. The second kappa shape index (κ2) is 4.20. The Morgan fingerprint density at radius 1 is 1.47 bits per heavy atom. The van der Waals surface area contributed by atoms with Crippen LogP contribution in [-0.2, 0) is 11.2 Å². The quantitative estimate of drug-likeness (QED) is 0.796. The molecule has 1 aliphatic rings. The van der Waals surface area contributed by atoms with E-state index in [9.17, 15) is 9.59 Å². The molecule has 3 rings (SSSR count). The maximum Gasteiger partial charge on any atom is 0.230 e. The van der Waals surface area contributed by atoms with E-state index in [1.807, 2.05) is 0 Å². The van der Waals surface area contributed by atoms with E-state index in [0.717, 1.165) is 0 Å². The number of aromatic nitrogens is 3. The minimum absolute atomic E-state index is 0.0536. The number of carbonyl (C=O) groups is 2. The third-order valence-corrected chi connectivity index (χ3v) is 2.94. The summed E-state index contributed by atoms with van der Waals surface area (Å²) in [5.74, 6) is 0.416. The lowest BCUT2D eigenvalue weighted by atomic mass is 10.2. The number of aldehydes is 1. The number of hydrogen-bond acceptors (Lipinski definition) is 5. The fourth-order valence-corrected chi connectivity index (χ4v) is 2.03. The van der Waals surface area contributed by atoms with Crippen LogP contribution in [0.3, 0.4) is 0 Å². The van der Waals surface area contributed by atoms with Crippen LogP contribution in [0.4, 0.5) is 5.69 Å². The number of nitrogens with zero attached hydrogens (tertiary/aromatic N) is 3. The number of benzene rings is 1. The van der Waals surface area contributed by atoms with Gasteiger partial charge in [0, 0.05) is 6.07 Å². The lowest BCUT2D eigenvalue weighted by Crippen LogP contribution is -2.13. The highest BCUT2D eigenvalue weighted by molar-refractivity contribution is 5.96. The van der Waals surface area contributed by atoms with Crippen molar-refractivity contribution in [1.29, 1.82) is 0 Å². The van der Waals surface area contributed by atoms with E-state index in [1.54, 1.807) is 25.3 Å². The van der Waals surface area contributed by atoms with Crippen molar-refractivity contribution in [3.8, 4) is 11.4 Å². The second-order valence-corrected chi connectivity index (χ2v) is 4.06. The van der Waals surface area contributed by atoms with Crippen LogP contribution in [0.15, 0.2) is 18.2 Å². The van der Waals surface area contributed by atoms with Gasteiger partial charge in [-0.1, -0.05) is 5.21 Å². The summed E-state index contributed by atoms with van der Waals surface area (Å²) in [6.07, 6.45) is 0.648. The van der Waals surface area contributed by atoms with Crippen molar-refractivity contribution in [2.75, 3.05) is 12.4 Å². The molecule has 2 aromatic rings. The Morgan fingerprint density at radius 2 is 2.32 bits per heavy atom. The van der Waals surface area contributed by atoms with Gasteiger partial charge in [-0.25, -0.2) is 4.68 Å². The Labute approximate surface area is 108 Å². The van der Waals surface area contributed by atoms with Gasteiger partial charge in [0.15, 0.2) is 6.29 Å². The van der Waals surface area contributed by atoms with Gasteiger partial charge in [0.1, 0.15) is 11.4 Å². The third kappa shape index (κ3) is 1.75. The molecule has 1 N–H and O–H groups in total. The molecule has 0 atom stereocenters. The van der Waals surface area contributed by atoms with E-state index in [-0.39, 0.29) is 18.0 Å². The molecule has 1 aliphatic heterocycles. The zero-order chi connectivity index (χ0) is 13.4. The molecule has 0 saturated carbocycles. The highest BCUT2D eigenvalue weighted by atomic mass is 16.5. The highest BCUT2D eigenvalue weighted by Crippen LogP contribution is 2.29. The van der Waals surface area contributed by atoms with Crippen LogP contribution < -0.4 is 10.1 Å². The van der Waals surface area contributed by atoms with Crippen molar-refractivity contribution < 1.29 is 14.3 Å². The Kier molecular flexibility index (Phi) is 2.52. The monoisotopic (exact) mass is 258 g/mol. The molecule has 0 aliphatic carbocycles. The maximum absolute atomic E-state index is 11.8. The summed E-state index contributed by atoms with van der Waals surface area (Å²) in [6.45, 7) is 0. The van der Waals surface area contributed by atoms with Crippen molar-refractivity contribution in [2.45, 2.75) is 6.42 Å². The zero-order valence-electron chi connectivity index (χ0n) is 10.1. The standard InChI is InChI=1S/C12H10N4O3/c1-19-7-2-3-8-10(4-7)16-11(5-12(18)13-8)9(6-17)14-15-16/h2-4,6H,5H2,1H3,(H,13,18). The van der Waals surface area contributed by atoms with Gasteiger partial charge < -0.3 is 10.1 Å². The van der Waals surface area contributed by atoms with Crippen LogP contribution in [0.2, 0.25) is 0 Å². The minimum atomic E-state index is -0.212. The molecular formula is C12H10N4O3. The van der Waals surface area contributed by atoms with Crippen molar-refractivity contribution in [3.63, 3.8) is 0 Å². The van der Waals surface area contributed by atoms with Crippen molar-refractivity contribution in [3.05, 3.63) is 29.6 Å². The van der Waals surface area contributed by atoms with Gasteiger partial charge in [0.05, 0.1) is 30.6 Å². The van der Waals surface area contributed by atoms with Crippen molar-refractivity contribution in [1.82, 2.24) is 15.0 Å². The molecular weight excluding hydrogens is 248 g/mol. The molecule has 1 amide bonds. The predicted octanol–water partition coefficient (Wildman–Crippen LogP) is 0.583. The Hall–Kier alpha value is -2.70. The highest BCUT2D eigenvalue weighted by Gasteiger charge is 2.23. The van der Waals surface area contributed by atoms with Gasteiger partial charge in [0.2, 0.25) is 5.91 Å². The molecule has 1 aromatic heterocycles. The average Bonchev–Trinajstić information content (AvgIpc) is 2.75. The van der Waals surface area contributed by atoms with Gasteiger partial charge in [-0.3, -0.25) is 9.59 Å². The first-order chi connectivity index (χ1) is 9.22. The third-order valence-electron chi connectivity index (χ3n) is 2.94. The largest absolute Gasteiger partial charge is 0.497 e. The normalized spacial score (nSPS) is 13.0. The number of carbonyl (C=O) groups excluding carboxylic acids is 2. The van der Waals surface area contributed by atoms with Gasteiger partial charge in [0.25, 0.3) is 0 Å². The van der Waals surface area contributed by atoms with E-state index >= 15 is 0 Å². The smallest absolute Gasteiger partial charge is 0.230 e. The first-order valence-corrected chi connectivity index (χ1v) is 5.61. The summed E-state index contributed by atoms with van der Waals surface area (Å²) >= 11 is 0. The number of ether oxygens (including phenoxy) is 1. The van der Waals surface area contributed by atoms with Gasteiger partial charge >= 0.3 is 0 Å². The van der Waals surface area contributed by atoms with Crippen molar-refractivity contribution in [2.24, 2.45) is 0 Å². The number of amides is 1. The minimum Gasteiger partial charge on any atom is -0.497 e. The second-order valence-electron chi connectivity index (χ2n) is 4.06. The van der Waals surface area contributed by atoms with Crippen LogP contribution >= 0.6 is 0 Å². The molecule has 96 valence electrons. The topological polar surface area (TPSA) is 86.1 Å². The predicted molar refractivity (Wildman–Crippen MR) is 65.6 cm³/mol. The maximum atomic E-state index is 11.8. The van der Waals surface area contributed by atoms with Crippen LogP contribution in [0.25, 0.3) is 5.69 Å². The van der Waals surface area contributed by atoms with E-state index < -0.39 is 0 Å². The fraction of sp³-hybridized carbons (Fsp3) is 0.167. The molecule has 0 radical (unpaired) electrons. The molecule has 7 nitrogen and oxygen atoms in total. The number of rotatable bonds is 2. The lowest BCUT2D eigenvalue weighted by molar-refractivity contribution is -0.115. The summed E-state index contributed by atoms with van der Waals surface area (Å²) in [5, 5.41) is 10.5. The summed E-state index contributed by atoms with van der Waals surface area (Å²) in [6, 6.07) is 5.19. The molecule has 19 heavy (non-hydrogen) atoms. The number of anilines is 1. The van der Waals surface area contributed by atoms with E-state index in [0.29, 0.717) is 29.1 Å². The molecule has 0 fully saturated rings. The Morgan fingerprint density at radius 3 is 3.05 bits per heavy atom. The average molecular weight is 258 g/mol. The van der Waals surface area contributed by atoms with E-state index in [2.05, 4.69) is 15.6 Å². The van der Waals surface area contributed by atoms with Crippen LogP contribution in [0, 0.1) is 0 Å². The molecule has 0 bridgehead atoms. The molecule has 2 heterocycles. The molecule has 0 saturated heterocycles. The van der Waals surface area contributed by atoms with Crippen LogP contribution in [-0.4, -0.2) is 34.3 Å². The van der Waals surface area contributed by atoms with E-state index in [1.165, 1.54) is 4.68 Å². The van der Waals surface area contributed by atoms with Gasteiger partial charge in [-0.05, 0) is 12.1 Å². The summed E-state index contributed by atoms with van der Waals surface area (Å²) in [4.78, 5) is 22.7. The van der Waals surface area contributed by atoms with Crippen LogP contribution in [0.1, 0.15) is 16.2 Å². The lowest BCUT2D eigenvalue weighted by Gasteiger charge is -2.09. The van der Waals surface area contributed by atoms with Crippen LogP contribution in [0.5, 0.6) is 5.75 Å². The Balaban J connectivity index is 2.27. The molecule has 0 unspecified atom stereocenters. The number of hydrogen-bond donors (Lipinski definition) is 1. The first kappa shape index (κ1) is 11.4. The van der Waals surface area contributed by atoms with Gasteiger partial charge in [-0.2, -0.15) is 0 Å². The zero-order valence-corrected chi connectivity index (χ0v) is 10.1. The fourth-order valence-electron chi connectivity index (χ4n) is 2.03. The Bertz CT molecular complexity index is 678. The molecule has 1 aromatic carbocycles. The summed E-state index contributed by atoms with van der Waals surface area (Å²) in [7, 11) is 1.55. The molecule has 7 heteroatoms. The number of fused-ring (bicyclic) bond motifs is 3. The number of nitrogens with one attached hydrogen (secondary N) is 1. The van der Waals surface area contributed by atoms with Crippen molar-refractivity contribution >= 4 is 17.9 Å². The van der Waals surface area contributed by atoms with E-state index in [4.69, 9.17) is 4.74 Å². The summed E-state index contributed by atoms with van der Waals surface area (Å²) < 4.78 is 6.64.